The molecular formula is C16H13Cl2N3OS. The first-order valence-corrected chi connectivity index (χ1v) is 8.53. The predicted molar refractivity (Wildman–Crippen MR) is 93.9 cm³/mol. The molecule has 0 bridgehead atoms. The smallest absolute Gasteiger partial charge is 0.196 e. The minimum absolute atomic E-state index is 0.626. The van der Waals surface area contributed by atoms with Gasteiger partial charge in [0.05, 0.1) is 12.8 Å². The molecule has 2 aromatic carbocycles. The third-order valence-electron chi connectivity index (χ3n) is 3.23. The predicted octanol–water partition coefficient (Wildman–Crippen LogP) is 4.88. The molecule has 7 heteroatoms. The van der Waals surface area contributed by atoms with Crippen molar-refractivity contribution in [2.24, 2.45) is 0 Å². The second-order valence-corrected chi connectivity index (χ2v) is 6.47. The average molecular weight is 366 g/mol. The van der Waals surface area contributed by atoms with Crippen LogP contribution in [0.1, 0.15) is 5.56 Å². The lowest BCUT2D eigenvalue weighted by Gasteiger charge is -2.11. The number of hydrogen-bond acceptors (Lipinski definition) is 4. The number of ether oxygens (including phenoxy) is 1. The molecule has 0 aliphatic rings. The van der Waals surface area contributed by atoms with E-state index in [4.69, 9.17) is 27.9 Å². The van der Waals surface area contributed by atoms with Crippen molar-refractivity contribution in [3.63, 3.8) is 0 Å². The van der Waals surface area contributed by atoms with Crippen LogP contribution in [0.4, 0.5) is 0 Å². The molecular weight excluding hydrogens is 353 g/mol. The van der Waals surface area contributed by atoms with Crippen LogP contribution in [0.5, 0.6) is 5.75 Å². The van der Waals surface area contributed by atoms with Crippen molar-refractivity contribution in [1.82, 2.24) is 14.8 Å². The van der Waals surface area contributed by atoms with Gasteiger partial charge in [-0.15, -0.1) is 10.2 Å². The van der Waals surface area contributed by atoms with Gasteiger partial charge < -0.3 is 4.74 Å². The monoisotopic (exact) mass is 365 g/mol. The van der Waals surface area contributed by atoms with E-state index < -0.39 is 0 Å². The van der Waals surface area contributed by atoms with E-state index in [1.165, 1.54) is 0 Å². The lowest BCUT2D eigenvalue weighted by molar-refractivity contribution is 0.412. The lowest BCUT2D eigenvalue weighted by atomic mass is 10.2. The van der Waals surface area contributed by atoms with Crippen LogP contribution in [-0.4, -0.2) is 21.9 Å². The average Bonchev–Trinajstić information content (AvgIpc) is 3.02. The van der Waals surface area contributed by atoms with Crippen molar-refractivity contribution >= 4 is 35.0 Å². The maximum Gasteiger partial charge on any atom is 0.196 e. The second-order valence-electron chi connectivity index (χ2n) is 4.68. The van der Waals surface area contributed by atoms with Crippen molar-refractivity contribution in [1.29, 1.82) is 0 Å². The van der Waals surface area contributed by atoms with Crippen LogP contribution in [0.25, 0.3) is 5.69 Å². The number of benzene rings is 2. The van der Waals surface area contributed by atoms with Gasteiger partial charge in [-0.25, -0.2) is 0 Å². The Labute approximate surface area is 148 Å². The third kappa shape index (κ3) is 3.63. The number of halogens is 2. The van der Waals surface area contributed by atoms with Crippen molar-refractivity contribution in [3.05, 3.63) is 64.4 Å². The number of methoxy groups -OCH3 is 1. The molecule has 0 saturated heterocycles. The molecule has 23 heavy (non-hydrogen) atoms. The fourth-order valence-electron chi connectivity index (χ4n) is 2.10. The van der Waals surface area contributed by atoms with Crippen LogP contribution in [0.2, 0.25) is 10.0 Å². The third-order valence-corrected chi connectivity index (χ3v) is 4.81. The highest BCUT2D eigenvalue weighted by Gasteiger charge is 2.12. The van der Waals surface area contributed by atoms with Gasteiger partial charge in [-0.05, 0) is 29.8 Å². The molecule has 0 saturated carbocycles. The summed E-state index contributed by atoms with van der Waals surface area (Å²) in [7, 11) is 1.64. The van der Waals surface area contributed by atoms with E-state index >= 15 is 0 Å². The summed E-state index contributed by atoms with van der Waals surface area (Å²) in [6, 6.07) is 13.2. The molecule has 0 unspecified atom stereocenters. The standard InChI is InChI=1S/C16H13Cl2N3OS/c1-22-15-5-3-2-4-14(15)21-10-19-20-16(21)23-9-11-6-7-12(17)8-13(11)18/h2-8,10H,9H2,1H3. The van der Waals surface area contributed by atoms with E-state index in [2.05, 4.69) is 10.2 Å². The van der Waals surface area contributed by atoms with Gasteiger partial charge >= 0.3 is 0 Å². The van der Waals surface area contributed by atoms with Gasteiger partial charge in [-0.1, -0.05) is 53.2 Å². The molecule has 3 rings (SSSR count). The Balaban J connectivity index is 1.84. The Morgan fingerprint density at radius 1 is 1.17 bits per heavy atom. The number of thioether (sulfide) groups is 1. The Morgan fingerprint density at radius 2 is 2.00 bits per heavy atom. The number of hydrogen-bond donors (Lipinski definition) is 0. The number of para-hydroxylation sites is 2. The van der Waals surface area contributed by atoms with Crippen molar-refractivity contribution < 1.29 is 4.74 Å². The molecule has 4 nitrogen and oxygen atoms in total. The summed E-state index contributed by atoms with van der Waals surface area (Å²) in [5.41, 5.74) is 1.89. The Bertz CT molecular complexity index is 823. The van der Waals surface area contributed by atoms with Gasteiger partial charge in [0, 0.05) is 15.8 Å². The van der Waals surface area contributed by atoms with Gasteiger partial charge in [0.15, 0.2) is 5.16 Å². The normalized spacial score (nSPS) is 10.7. The molecule has 0 atom stereocenters. The van der Waals surface area contributed by atoms with Gasteiger partial charge in [-0.3, -0.25) is 4.57 Å². The van der Waals surface area contributed by atoms with E-state index in [1.807, 2.05) is 41.0 Å². The Hall–Kier alpha value is -1.69. The van der Waals surface area contributed by atoms with Gasteiger partial charge in [-0.2, -0.15) is 0 Å². The topological polar surface area (TPSA) is 39.9 Å². The first-order chi connectivity index (χ1) is 11.2. The minimum Gasteiger partial charge on any atom is -0.495 e. The zero-order chi connectivity index (χ0) is 16.2. The zero-order valence-electron chi connectivity index (χ0n) is 12.2. The molecule has 0 spiro atoms. The van der Waals surface area contributed by atoms with E-state index in [0.29, 0.717) is 15.8 Å². The van der Waals surface area contributed by atoms with Gasteiger partial charge in [0.25, 0.3) is 0 Å². The summed E-state index contributed by atoms with van der Waals surface area (Å²) in [5, 5.41) is 10.2. The largest absolute Gasteiger partial charge is 0.495 e. The molecule has 0 fully saturated rings. The molecule has 1 aromatic heterocycles. The molecule has 118 valence electrons. The minimum atomic E-state index is 0.626. The van der Waals surface area contributed by atoms with Crippen LogP contribution in [0, 0.1) is 0 Å². The van der Waals surface area contributed by atoms with E-state index in [-0.39, 0.29) is 0 Å². The maximum absolute atomic E-state index is 6.21. The maximum atomic E-state index is 6.21. The lowest BCUT2D eigenvalue weighted by Crippen LogP contribution is -1.98. The number of rotatable bonds is 5. The van der Waals surface area contributed by atoms with Crippen LogP contribution in [-0.2, 0) is 5.75 Å². The van der Waals surface area contributed by atoms with Gasteiger partial charge in [0.2, 0.25) is 0 Å². The number of aromatic nitrogens is 3. The fraction of sp³-hybridized carbons (Fsp3) is 0.125. The highest BCUT2D eigenvalue weighted by molar-refractivity contribution is 7.98. The highest BCUT2D eigenvalue weighted by atomic mass is 35.5. The summed E-state index contributed by atoms with van der Waals surface area (Å²) in [4.78, 5) is 0. The van der Waals surface area contributed by atoms with Crippen LogP contribution >= 0.6 is 35.0 Å². The van der Waals surface area contributed by atoms with Crippen LogP contribution in [0.3, 0.4) is 0 Å². The van der Waals surface area contributed by atoms with E-state index in [0.717, 1.165) is 22.2 Å². The second kappa shape index (κ2) is 7.25. The summed E-state index contributed by atoms with van der Waals surface area (Å²) >= 11 is 13.7. The van der Waals surface area contributed by atoms with Gasteiger partial charge in [0.1, 0.15) is 12.1 Å². The first-order valence-electron chi connectivity index (χ1n) is 6.79. The summed E-state index contributed by atoms with van der Waals surface area (Å²) in [6.07, 6.45) is 1.67. The Kier molecular flexibility index (Phi) is 5.10. The van der Waals surface area contributed by atoms with E-state index in [1.54, 1.807) is 31.3 Å². The first kappa shape index (κ1) is 16.2. The quantitative estimate of drug-likeness (QED) is 0.604. The summed E-state index contributed by atoms with van der Waals surface area (Å²) in [6.45, 7) is 0. The fourth-order valence-corrected chi connectivity index (χ4v) is 3.58. The van der Waals surface area contributed by atoms with Crippen LogP contribution < -0.4 is 4.74 Å². The SMILES string of the molecule is COc1ccccc1-n1cnnc1SCc1ccc(Cl)cc1Cl. The highest BCUT2D eigenvalue weighted by Crippen LogP contribution is 2.30. The summed E-state index contributed by atoms with van der Waals surface area (Å²) < 4.78 is 7.29. The van der Waals surface area contributed by atoms with Crippen molar-refractivity contribution in [2.45, 2.75) is 10.9 Å². The molecule has 0 aliphatic heterocycles. The van der Waals surface area contributed by atoms with Crippen LogP contribution in [0.15, 0.2) is 53.9 Å². The van der Waals surface area contributed by atoms with Crippen molar-refractivity contribution in [2.75, 3.05) is 7.11 Å². The molecule has 1 heterocycles. The molecule has 3 aromatic rings. The molecule has 0 aliphatic carbocycles. The Morgan fingerprint density at radius 3 is 2.78 bits per heavy atom. The summed E-state index contributed by atoms with van der Waals surface area (Å²) in [5.74, 6) is 1.43. The molecule has 0 N–H and O–H groups in total. The number of nitrogens with zero attached hydrogens (tertiary/aromatic N) is 3. The molecule has 0 radical (unpaired) electrons. The van der Waals surface area contributed by atoms with E-state index in [9.17, 15) is 0 Å². The zero-order valence-corrected chi connectivity index (χ0v) is 14.6. The van der Waals surface area contributed by atoms with Crippen molar-refractivity contribution in [3.8, 4) is 11.4 Å². The molecule has 0 amide bonds.